The van der Waals surface area contributed by atoms with Crippen LogP contribution >= 0.6 is 0 Å². The van der Waals surface area contributed by atoms with E-state index in [-0.39, 0.29) is 5.48 Å². The first-order valence-electron chi connectivity index (χ1n) is 2.30. The molecule has 0 amide bonds. The Hall–Kier alpha value is -0.200. The third kappa shape index (κ3) is 4.31. The molecule has 58 valence electrons. The number of hydrogen-bond acceptors (Lipinski definition) is 4. The van der Waals surface area contributed by atoms with Gasteiger partial charge in [0.25, 0.3) is 0 Å². The van der Waals surface area contributed by atoms with E-state index in [4.69, 9.17) is 20.4 Å². The van der Waals surface area contributed by atoms with E-state index in [2.05, 4.69) is 0 Å². The van der Waals surface area contributed by atoms with Crippen molar-refractivity contribution >= 4 is 0 Å². The van der Waals surface area contributed by atoms with Crippen molar-refractivity contribution in [3.05, 3.63) is 0 Å². The molecule has 0 aromatic heterocycles. The highest BCUT2D eigenvalue weighted by Gasteiger charge is 2.12. The minimum Gasteiger partial charge on any atom is -0.412 e. The lowest BCUT2D eigenvalue weighted by molar-refractivity contribution is -0.0388. The minimum absolute atomic E-state index is 0. The lowest BCUT2D eigenvalue weighted by Crippen LogP contribution is -2.31. The van der Waals surface area contributed by atoms with Gasteiger partial charge in [0.2, 0.25) is 0 Å². The zero-order chi connectivity index (χ0) is 6.57. The average molecular weight is 140 g/mol. The lowest BCUT2D eigenvalue weighted by atomic mass is 10.2. The van der Waals surface area contributed by atoms with Crippen molar-refractivity contribution in [2.24, 2.45) is 0 Å². The van der Waals surface area contributed by atoms with E-state index < -0.39 is 25.4 Å². The van der Waals surface area contributed by atoms with Crippen LogP contribution in [0.1, 0.15) is 0 Å². The van der Waals surface area contributed by atoms with Crippen molar-refractivity contribution in [1.29, 1.82) is 0 Å². The molecule has 2 atom stereocenters. The predicted molar refractivity (Wildman–Crippen MR) is 29.8 cm³/mol. The zero-order valence-corrected chi connectivity index (χ0v) is 4.86. The van der Waals surface area contributed by atoms with Crippen LogP contribution in [-0.2, 0) is 0 Å². The van der Waals surface area contributed by atoms with Crippen LogP contribution in [0, 0.1) is 0 Å². The molecule has 0 saturated heterocycles. The maximum absolute atomic E-state index is 8.47. The van der Waals surface area contributed by atoms with Crippen molar-refractivity contribution in [2.75, 3.05) is 13.2 Å². The highest BCUT2D eigenvalue weighted by molar-refractivity contribution is 4.62. The molecular weight excluding hydrogens is 128 g/mol. The van der Waals surface area contributed by atoms with Gasteiger partial charge in [-0.1, -0.05) is 0 Å². The summed E-state index contributed by atoms with van der Waals surface area (Å²) < 4.78 is 0. The van der Waals surface area contributed by atoms with Crippen molar-refractivity contribution in [2.45, 2.75) is 12.2 Å². The Kier molecular flexibility index (Phi) is 7.63. The van der Waals surface area contributed by atoms with Crippen LogP contribution in [0.15, 0.2) is 0 Å². The first-order valence-corrected chi connectivity index (χ1v) is 2.30. The van der Waals surface area contributed by atoms with Crippen molar-refractivity contribution in [3.63, 3.8) is 0 Å². The summed E-state index contributed by atoms with van der Waals surface area (Å²) in [5.74, 6) is 0. The first-order chi connectivity index (χ1) is 3.72. The third-order valence-corrected chi connectivity index (χ3v) is 0.818. The van der Waals surface area contributed by atoms with Crippen LogP contribution in [0.4, 0.5) is 0 Å². The van der Waals surface area contributed by atoms with Crippen molar-refractivity contribution in [1.82, 2.24) is 0 Å². The number of aliphatic hydroxyl groups excluding tert-OH is 4. The van der Waals surface area contributed by atoms with E-state index in [9.17, 15) is 0 Å². The predicted octanol–water partition coefficient (Wildman–Crippen LogP) is -3.13. The van der Waals surface area contributed by atoms with E-state index in [0.717, 1.165) is 0 Å². The number of hydrogen-bond donors (Lipinski definition) is 4. The molecule has 5 heteroatoms. The Morgan fingerprint density at radius 1 is 0.889 bits per heavy atom. The van der Waals surface area contributed by atoms with Crippen LogP contribution in [0.3, 0.4) is 0 Å². The van der Waals surface area contributed by atoms with E-state index in [1.165, 1.54) is 0 Å². The van der Waals surface area contributed by atoms with Gasteiger partial charge in [-0.3, -0.25) is 0 Å². The van der Waals surface area contributed by atoms with Gasteiger partial charge in [-0.15, -0.1) is 0 Å². The largest absolute Gasteiger partial charge is 0.412 e. The summed E-state index contributed by atoms with van der Waals surface area (Å²) in [6.07, 6.45) is -2.44. The monoisotopic (exact) mass is 140 g/mol. The molecule has 0 bridgehead atoms. The molecule has 0 aromatic rings. The molecule has 0 fully saturated rings. The van der Waals surface area contributed by atoms with Crippen LogP contribution in [-0.4, -0.2) is 51.3 Å². The van der Waals surface area contributed by atoms with Gasteiger partial charge in [-0.05, 0) is 0 Å². The number of rotatable bonds is 3. The zero-order valence-electron chi connectivity index (χ0n) is 4.86. The summed E-state index contributed by atoms with van der Waals surface area (Å²) in [5.41, 5.74) is 0. The molecule has 0 rings (SSSR count). The Morgan fingerprint density at radius 2 is 1.11 bits per heavy atom. The molecule has 6 N–H and O–H groups in total. The Balaban J connectivity index is 0. The SMILES string of the molecule is O.OCC(O)C(O)CO. The fourth-order valence-corrected chi connectivity index (χ4v) is 0.243. The lowest BCUT2D eigenvalue weighted by Gasteiger charge is -2.10. The van der Waals surface area contributed by atoms with E-state index >= 15 is 0 Å². The summed E-state index contributed by atoms with van der Waals surface area (Å²) >= 11 is 0. The summed E-state index contributed by atoms with van der Waals surface area (Å²) in [6.45, 7) is -1.05. The van der Waals surface area contributed by atoms with Crippen LogP contribution in [0.5, 0.6) is 0 Å². The maximum atomic E-state index is 8.47. The molecule has 0 aliphatic carbocycles. The quantitative estimate of drug-likeness (QED) is 0.332. The van der Waals surface area contributed by atoms with E-state index in [1.54, 1.807) is 0 Å². The fourth-order valence-electron chi connectivity index (χ4n) is 0.243. The molecule has 5 nitrogen and oxygen atoms in total. The van der Waals surface area contributed by atoms with Crippen molar-refractivity contribution in [3.8, 4) is 0 Å². The first kappa shape index (κ1) is 11.6. The molecule has 0 aliphatic heterocycles. The standard InChI is InChI=1S/C4H10O4.H2O/c5-1-3(7)4(8)2-6;/h3-8H,1-2H2;1H2. The second-order valence-electron chi connectivity index (χ2n) is 1.50. The maximum Gasteiger partial charge on any atom is 0.105 e. The van der Waals surface area contributed by atoms with Crippen LogP contribution in [0.25, 0.3) is 0 Å². The van der Waals surface area contributed by atoms with Crippen LogP contribution < -0.4 is 0 Å². The van der Waals surface area contributed by atoms with Crippen molar-refractivity contribution < 1.29 is 25.9 Å². The Morgan fingerprint density at radius 3 is 1.22 bits per heavy atom. The van der Waals surface area contributed by atoms with E-state index in [1.807, 2.05) is 0 Å². The molecule has 0 heterocycles. The highest BCUT2D eigenvalue weighted by Crippen LogP contribution is 1.88. The van der Waals surface area contributed by atoms with Gasteiger partial charge in [-0.2, -0.15) is 0 Å². The van der Waals surface area contributed by atoms with Gasteiger partial charge in [-0.25, -0.2) is 0 Å². The third-order valence-electron chi connectivity index (χ3n) is 0.818. The van der Waals surface area contributed by atoms with Gasteiger partial charge in [0, 0.05) is 0 Å². The second kappa shape index (κ2) is 5.93. The minimum atomic E-state index is -1.22. The summed E-state index contributed by atoms with van der Waals surface area (Å²) in [5, 5.41) is 33.2. The molecule has 0 spiro atoms. The summed E-state index contributed by atoms with van der Waals surface area (Å²) in [6, 6.07) is 0. The molecule has 0 aromatic carbocycles. The summed E-state index contributed by atoms with van der Waals surface area (Å²) in [4.78, 5) is 0. The topological polar surface area (TPSA) is 112 Å². The molecule has 9 heavy (non-hydrogen) atoms. The van der Waals surface area contributed by atoms with Crippen LogP contribution in [0.2, 0.25) is 0 Å². The fraction of sp³-hybridized carbons (Fsp3) is 1.00. The molecule has 0 radical (unpaired) electrons. The Labute approximate surface area is 52.5 Å². The second-order valence-corrected chi connectivity index (χ2v) is 1.50. The van der Waals surface area contributed by atoms with Gasteiger partial charge in [0.1, 0.15) is 12.2 Å². The Bertz CT molecular complexity index is 48.9. The van der Waals surface area contributed by atoms with Gasteiger partial charge in [0.15, 0.2) is 0 Å². The van der Waals surface area contributed by atoms with E-state index in [0.29, 0.717) is 0 Å². The normalized spacial score (nSPS) is 16.0. The van der Waals surface area contributed by atoms with Gasteiger partial charge < -0.3 is 25.9 Å². The molecule has 0 aliphatic rings. The smallest absolute Gasteiger partial charge is 0.105 e. The molecule has 0 saturated carbocycles. The summed E-state index contributed by atoms with van der Waals surface area (Å²) in [7, 11) is 0. The molecule has 2 unspecified atom stereocenters. The molecular formula is C4H12O5. The number of aliphatic hydroxyl groups is 4. The highest BCUT2D eigenvalue weighted by atomic mass is 16.4. The average Bonchev–Trinajstić information content (AvgIpc) is 1.84. The van der Waals surface area contributed by atoms with Gasteiger partial charge in [0.05, 0.1) is 13.2 Å². The van der Waals surface area contributed by atoms with Gasteiger partial charge >= 0.3 is 0 Å².